The molecule has 18 heavy (non-hydrogen) atoms. The minimum atomic E-state index is -0.930. The van der Waals surface area contributed by atoms with Crippen molar-refractivity contribution in [3.8, 4) is 0 Å². The Bertz CT molecular complexity index is 330. The number of amides is 2. The summed E-state index contributed by atoms with van der Waals surface area (Å²) in [7, 11) is 1.71. The molecule has 1 rings (SSSR count). The number of urea groups is 1. The predicted octanol–water partition coefficient (Wildman–Crippen LogP) is 1.06. The van der Waals surface area contributed by atoms with Crippen molar-refractivity contribution in [2.24, 2.45) is 0 Å². The van der Waals surface area contributed by atoms with Gasteiger partial charge in [0.05, 0.1) is 18.6 Å². The SMILES string of the molecule is CC1OCCC1N(C)C(=O)NC(C)(C)CC(=O)O. The molecule has 0 aliphatic carbocycles. The van der Waals surface area contributed by atoms with Crippen molar-refractivity contribution in [3.63, 3.8) is 0 Å². The summed E-state index contributed by atoms with van der Waals surface area (Å²) in [6.45, 7) is 5.98. The van der Waals surface area contributed by atoms with E-state index in [4.69, 9.17) is 9.84 Å². The van der Waals surface area contributed by atoms with Crippen LogP contribution in [0.2, 0.25) is 0 Å². The first-order valence-corrected chi connectivity index (χ1v) is 6.11. The van der Waals surface area contributed by atoms with Crippen LogP contribution in [0.5, 0.6) is 0 Å². The molecule has 1 saturated heterocycles. The van der Waals surface area contributed by atoms with Crippen molar-refractivity contribution in [1.82, 2.24) is 10.2 Å². The molecule has 2 atom stereocenters. The minimum absolute atomic E-state index is 0.0170. The fourth-order valence-electron chi connectivity index (χ4n) is 2.18. The second kappa shape index (κ2) is 5.56. The topological polar surface area (TPSA) is 78.9 Å². The molecular weight excluding hydrogens is 236 g/mol. The van der Waals surface area contributed by atoms with Gasteiger partial charge >= 0.3 is 12.0 Å². The van der Waals surface area contributed by atoms with Gasteiger partial charge in [-0.05, 0) is 27.2 Å². The Hall–Kier alpha value is -1.30. The third kappa shape index (κ3) is 3.87. The fourth-order valence-corrected chi connectivity index (χ4v) is 2.18. The number of likely N-dealkylation sites (N-methyl/N-ethyl adjacent to an activating group) is 1. The van der Waals surface area contributed by atoms with Gasteiger partial charge in [-0.1, -0.05) is 0 Å². The monoisotopic (exact) mass is 258 g/mol. The second-order valence-electron chi connectivity index (χ2n) is 5.43. The van der Waals surface area contributed by atoms with E-state index in [0.717, 1.165) is 6.42 Å². The third-order valence-electron chi connectivity index (χ3n) is 3.19. The Morgan fingerprint density at radius 3 is 2.56 bits per heavy atom. The number of aliphatic carboxylic acids is 1. The van der Waals surface area contributed by atoms with E-state index in [1.165, 1.54) is 0 Å². The molecule has 6 nitrogen and oxygen atoms in total. The van der Waals surface area contributed by atoms with Crippen molar-refractivity contribution in [1.29, 1.82) is 0 Å². The molecule has 1 aliphatic rings. The molecule has 6 heteroatoms. The van der Waals surface area contributed by atoms with Gasteiger partial charge in [0.1, 0.15) is 0 Å². The van der Waals surface area contributed by atoms with Crippen molar-refractivity contribution >= 4 is 12.0 Å². The molecule has 0 bridgehead atoms. The summed E-state index contributed by atoms with van der Waals surface area (Å²) in [5, 5.41) is 11.5. The predicted molar refractivity (Wildman–Crippen MR) is 66.4 cm³/mol. The van der Waals surface area contributed by atoms with E-state index < -0.39 is 11.5 Å². The van der Waals surface area contributed by atoms with Gasteiger partial charge in [0, 0.05) is 19.2 Å². The number of carbonyl (C=O) groups excluding carboxylic acids is 1. The number of carboxylic acids is 1. The van der Waals surface area contributed by atoms with Gasteiger partial charge in [0.2, 0.25) is 0 Å². The summed E-state index contributed by atoms with van der Waals surface area (Å²) < 4.78 is 5.42. The van der Waals surface area contributed by atoms with Crippen LogP contribution in [0.1, 0.15) is 33.6 Å². The van der Waals surface area contributed by atoms with Crippen LogP contribution in [0.25, 0.3) is 0 Å². The Morgan fingerprint density at radius 1 is 1.50 bits per heavy atom. The lowest BCUT2D eigenvalue weighted by Gasteiger charge is -2.32. The van der Waals surface area contributed by atoms with Crippen molar-refractivity contribution in [2.75, 3.05) is 13.7 Å². The van der Waals surface area contributed by atoms with E-state index in [2.05, 4.69) is 5.32 Å². The van der Waals surface area contributed by atoms with E-state index in [1.807, 2.05) is 6.92 Å². The van der Waals surface area contributed by atoms with Crippen LogP contribution in [-0.4, -0.2) is 53.3 Å². The van der Waals surface area contributed by atoms with Gasteiger partial charge in [0.15, 0.2) is 0 Å². The summed E-state index contributed by atoms with van der Waals surface area (Å²) in [6.07, 6.45) is 0.719. The number of hydrogen-bond acceptors (Lipinski definition) is 3. The molecule has 0 aromatic carbocycles. The molecule has 2 unspecified atom stereocenters. The van der Waals surface area contributed by atoms with Crippen LogP contribution >= 0.6 is 0 Å². The van der Waals surface area contributed by atoms with Gasteiger partial charge in [-0.25, -0.2) is 4.79 Å². The molecule has 104 valence electrons. The highest BCUT2D eigenvalue weighted by Gasteiger charge is 2.33. The molecule has 0 spiro atoms. The maximum Gasteiger partial charge on any atom is 0.317 e. The zero-order chi connectivity index (χ0) is 13.9. The first kappa shape index (κ1) is 14.8. The summed E-state index contributed by atoms with van der Waals surface area (Å²) in [5.74, 6) is -0.930. The summed E-state index contributed by atoms with van der Waals surface area (Å²) in [4.78, 5) is 24.3. The lowest BCUT2D eigenvalue weighted by atomic mass is 10.0. The molecule has 0 aromatic rings. The summed E-state index contributed by atoms with van der Waals surface area (Å²) >= 11 is 0. The van der Waals surface area contributed by atoms with E-state index in [1.54, 1.807) is 25.8 Å². The summed E-state index contributed by atoms with van der Waals surface area (Å²) in [6, 6.07) is -0.214. The van der Waals surface area contributed by atoms with Crippen LogP contribution in [0.15, 0.2) is 0 Å². The van der Waals surface area contributed by atoms with Crippen LogP contribution in [-0.2, 0) is 9.53 Å². The highest BCUT2D eigenvalue weighted by atomic mass is 16.5. The number of carbonyl (C=O) groups is 2. The van der Waals surface area contributed by atoms with E-state index in [0.29, 0.717) is 6.61 Å². The molecule has 0 aromatic heterocycles. The third-order valence-corrected chi connectivity index (χ3v) is 3.19. The number of nitrogens with zero attached hydrogens (tertiary/aromatic N) is 1. The Morgan fingerprint density at radius 2 is 2.11 bits per heavy atom. The van der Waals surface area contributed by atoms with Crippen LogP contribution in [0.4, 0.5) is 4.79 Å². The first-order chi connectivity index (χ1) is 8.23. The normalized spacial score (nSPS) is 23.8. The molecule has 0 saturated carbocycles. The number of rotatable bonds is 4. The van der Waals surface area contributed by atoms with E-state index in [9.17, 15) is 9.59 Å². The number of hydrogen-bond donors (Lipinski definition) is 2. The quantitative estimate of drug-likeness (QED) is 0.790. The van der Waals surface area contributed by atoms with Crippen molar-refractivity contribution < 1.29 is 19.4 Å². The maximum absolute atomic E-state index is 12.0. The van der Waals surface area contributed by atoms with Gasteiger partial charge in [0.25, 0.3) is 0 Å². The largest absolute Gasteiger partial charge is 0.481 e. The second-order valence-corrected chi connectivity index (χ2v) is 5.43. The molecular formula is C12H22N2O4. The van der Waals surface area contributed by atoms with Gasteiger partial charge in [-0.2, -0.15) is 0 Å². The maximum atomic E-state index is 12.0. The highest BCUT2D eigenvalue weighted by molar-refractivity contribution is 5.76. The molecule has 1 heterocycles. The zero-order valence-corrected chi connectivity index (χ0v) is 11.4. The number of ether oxygens (including phenoxy) is 1. The van der Waals surface area contributed by atoms with Gasteiger partial charge in [-0.3, -0.25) is 4.79 Å². The van der Waals surface area contributed by atoms with Crippen molar-refractivity contribution in [3.05, 3.63) is 0 Å². The molecule has 0 radical (unpaired) electrons. The fraction of sp³-hybridized carbons (Fsp3) is 0.833. The lowest BCUT2D eigenvalue weighted by molar-refractivity contribution is -0.138. The van der Waals surface area contributed by atoms with Crippen LogP contribution in [0, 0.1) is 0 Å². The smallest absolute Gasteiger partial charge is 0.317 e. The first-order valence-electron chi connectivity index (χ1n) is 6.11. The van der Waals surface area contributed by atoms with Gasteiger partial charge in [-0.15, -0.1) is 0 Å². The Balaban J connectivity index is 2.56. The lowest BCUT2D eigenvalue weighted by Crippen LogP contribution is -2.53. The van der Waals surface area contributed by atoms with Crippen molar-refractivity contribution in [2.45, 2.75) is 51.3 Å². The molecule has 1 fully saturated rings. The Labute approximate surface area is 107 Å². The van der Waals surface area contributed by atoms with E-state index >= 15 is 0 Å². The minimum Gasteiger partial charge on any atom is -0.481 e. The van der Waals surface area contributed by atoms with E-state index in [-0.39, 0.29) is 24.6 Å². The number of carboxylic acid groups (broad SMARTS) is 1. The van der Waals surface area contributed by atoms with Crippen LogP contribution in [0.3, 0.4) is 0 Å². The molecule has 1 aliphatic heterocycles. The average molecular weight is 258 g/mol. The van der Waals surface area contributed by atoms with Crippen LogP contribution < -0.4 is 5.32 Å². The number of nitrogens with one attached hydrogen (secondary N) is 1. The standard InChI is InChI=1S/C12H22N2O4/c1-8-9(5-6-18-8)14(4)11(17)13-12(2,3)7-10(15)16/h8-9H,5-7H2,1-4H3,(H,13,17)(H,15,16). The summed E-state index contributed by atoms with van der Waals surface area (Å²) in [5.41, 5.74) is -0.764. The zero-order valence-electron chi connectivity index (χ0n) is 11.4. The highest BCUT2D eigenvalue weighted by Crippen LogP contribution is 2.19. The molecule has 2 N–H and O–H groups in total. The average Bonchev–Trinajstić information content (AvgIpc) is 2.60. The Kier molecular flexibility index (Phi) is 4.56. The molecule has 2 amide bonds. The van der Waals surface area contributed by atoms with Gasteiger partial charge < -0.3 is 20.1 Å².